The zero-order chi connectivity index (χ0) is 13.8. The van der Waals surface area contributed by atoms with Crippen LogP contribution in [0.5, 0.6) is 0 Å². The van der Waals surface area contributed by atoms with Crippen LogP contribution in [0.4, 0.5) is 0 Å². The monoisotopic (exact) mass is 266 g/mol. The van der Waals surface area contributed by atoms with E-state index in [-0.39, 0.29) is 11.8 Å². The second-order valence-electron chi connectivity index (χ2n) is 5.46. The van der Waals surface area contributed by atoms with E-state index >= 15 is 0 Å². The maximum atomic E-state index is 12.0. The number of hydrogen-bond donors (Lipinski definition) is 0. The van der Waals surface area contributed by atoms with Gasteiger partial charge in [-0.2, -0.15) is 4.98 Å². The van der Waals surface area contributed by atoms with E-state index < -0.39 is 0 Å². The molecule has 1 aromatic rings. The Labute approximate surface area is 113 Å². The molecular weight excluding hydrogens is 244 g/mol. The summed E-state index contributed by atoms with van der Waals surface area (Å²) in [6, 6.07) is 0. The normalized spacial score (nSPS) is 15.7. The van der Waals surface area contributed by atoms with Crippen LogP contribution in [0.1, 0.15) is 44.3 Å². The zero-order valence-corrected chi connectivity index (χ0v) is 11.9. The maximum Gasteiger partial charge on any atom is 0.240 e. The Kier molecular flexibility index (Phi) is 4.52. The van der Waals surface area contributed by atoms with Gasteiger partial charge in [-0.25, -0.2) is 0 Å². The van der Waals surface area contributed by atoms with Gasteiger partial charge in [0, 0.05) is 19.0 Å². The molecule has 0 aromatic carbocycles. The van der Waals surface area contributed by atoms with Gasteiger partial charge >= 0.3 is 0 Å². The van der Waals surface area contributed by atoms with Crippen LogP contribution in [0.2, 0.25) is 0 Å². The average molecular weight is 266 g/mol. The molecule has 2 rings (SSSR count). The molecule has 6 heteroatoms. The fourth-order valence-electron chi connectivity index (χ4n) is 2.15. The van der Waals surface area contributed by atoms with Crippen LogP contribution in [-0.2, 0) is 11.3 Å². The molecule has 2 heterocycles. The van der Waals surface area contributed by atoms with Gasteiger partial charge in [-0.1, -0.05) is 19.0 Å². The van der Waals surface area contributed by atoms with Gasteiger partial charge in [-0.3, -0.25) is 9.69 Å². The number of carbonyl (C=O) groups is 1. The number of likely N-dealkylation sites (tertiary alicyclic amines) is 1. The highest BCUT2D eigenvalue weighted by Gasteiger charge is 2.20. The topological polar surface area (TPSA) is 62.5 Å². The highest BCUT2D eigenvalue weighted by Crippen LogP contribution is 2.11. The number of nitrogens with zero attached hydrogens (tertiary/aromatic N) is 4. The number of aromatic nitrogens is 2. The molecule has 0 N–H and O–H groups in total. The summed E-state index contributed by atoms with van der Waals surface area (Å²) in [7, 11) is 1.90. The van der Waals surface area contributed by atoms with Crippen molar-refractivity contribution in [3.05, 3.63) is 11.7 Å². The second kappa shape index (κ2) is 6.14. The van der Waals surface area contributed by atoms with Gasteiger partial charge < -0.3 is 9.42 Å². The Morgan fingerprint density at radius 3 is 2.68 bits per heavy atom. The molecule has 0 atom stereocenters. The fourth-order valence-corrected chi connectivity index (χ4v) is 2.15. The molecule has 1 amide bonds. The number of likely N-dealkylation sites (N-methyl/N-ethyl adjacent to an activating group) is 1. The molecule has 0 unspecified atom stereocenters. The van der Waals surface area contributed by atoms with E-state index in [4.69, 9.17) is 4.52 Å². The average Bonchev–Trinajstić information content (AvgIpc) is 2.98. The minimum absolute atomic E-state index is 0.184. The lowest BCUT2D eigenvalue weighted by Gasteiger charge is -2.19. The zero-order valence-electron chi connectivity index (χ0n) is 11.9. The van der Waals surface area contributed by atoms with Crippen molar-refractivity contribution in [1.29, 1.82) is 0 Å². The third-order valence-electron chi connectivity index (χ3n) is 3.27. The molecule has 0 aliphatic carbocycles. The van der Waals surface area contributed by atoms with Crippen LogP contribution in [0.25, 0.3) is 0 Å². The van der Waals surface area contributed by atoms with Crippen LogP contribution >= 0.6 is 0 Å². The van der Waals surface area contributed by atoms with Crippen LogP contribution in [-0.4, -0.2) is 52.5 Å². The summed E-state index contributed by atoms with van der Waals surface area (Å²) in [5.74, 6) is 1.73. The highest BCUT2D eigenvalue weighted by atomic mass is 16.5. The molecule has 1 aliphatic heterocycles. The van der Waals surface area contributed by atoms with Gasteiger partial charge in [0.15, 0.2) is 5.82 Å². The van der Waals surface area contributed by atoms with Gasteiger partial charge in [-0.15, -0.1) is 0 Å². The number of hydrogen-bond acceptors (Lipinski definition) is 5. The van der Waals surface area contributed by atoms with Crippen molar-refractivity contribution in [2.75, 3.05) is 26.7 Å². The molecule has 19 heavy (non-hydrogen) atoms. The lowest BCUT2D eigenvalue weighted by molar-refractivity contribution is -0.131. The Hall–Kier alpha value is -1.43. The highest BCUT2D eigenvalue weighted by molar-refractivity contribution is 5.78. The van der Waals surface area contributed by atoms with Crippen molar-refractivity contribution in [2.24, 2.45) is 0 Å². The third-order valence-corrected chi connectivity index (χ3v) is 3.27. The first-order valence-electron chi connectivity index (χ1n) is 6.85. The number of carbonyl (C=O) groups excluding carboxylic acids is 1. The first-order valence-corrected chi connectivity index (χ1v) is 6.85. The fraction of sp³-hybridized carbons (Fsp3) is 0.769. The molecular formula is C13H22N4O2. The molecule has 1 aromatic heterocycles. The Morgan fingerprint density at radius 1 is 1.42 bits per heavy atom. The standard InChI is InChI=1S/C13H22N4O2/c1-10(2)13-14-11(19-15-13)8-16(3)9-12(18)17-6-4-5-7-17/h10H,4-9H2,1-3H3. The van der Waals surface area contributed by atoms with E-state index in [2.05, 4.69) is 10.1 Å². The Morgan fingerprint density at radius 2 is 2.11 bits per heavy atom. The summed E-state index contributed by atoms with van der Waals surface area (Å²) in [6.07, 6.45) is 2.24. The van der Waals surface area contributed by atoms with Crippen molar-refractivity contribution < 1.29 is 9.32 Å². The van der Waals surface area contributed by atoms with Gasteiger partial charge in [0.2, 0.25) is 11.8 Å². The molecule has 106 valence electrons. The van der Waals surface area contributed by atoms with E-state index in [1.807, 2.05) is 30.7 Å². The van der Waals surface area contributed by atoms with E-state index in [1.165, 1.54) is 0 Å². The van der Waals surface area contributed by atoms with Crippen LogP contribution in [0.15, 0.2) is 4.52 Å². The van der Waals surface area contributed by atoms with Crippen molar-refractivity contribution in [3.63, 3.8) is 0 Å². The van der Waals surface area contributed by atoms with E-state index in [0.717, 1.165) is 25.9 Å². The summed E-state index contributed by atoms with van der Waals surface area (Å²) in [5, 5.41) is 3.92. The van der Waals surface area contributed by atoms with Crippen molar-refractivity contribution >= 4 is 5.91 Å². The van der Waals surface area contributed by atoms with Crippen LogP contribution < -0.4 is 0 Å². The molecule has 6 nitrogen and oxygen atoms in total. The van der Waals surface area contributed by atoms with Gasteiger partial charge in [0.1, 0.15) is 0 Å². The summed E-state index contributed by atoms with van der Waals surface area (Å²) in [5.41, 5.74) is 0. The molecule has 1 saturated heterocycles. The Bertz CT molecular complexity index is 424. The van der Waals surface area contributed by atoms with Gasteiger partial charge in [0.05, 0.1) is 13.1 Å². The van der Waals surface area contributed by atoms with Crippen molar-refractivity contribution in [1.82, 2.24) is 19.9 Å². The second-order valence-corrected chi connectivity index (χ2v) is 5.46. The molecule has 0 bridgehead atoms. The molecule has 0 radical (unpaired) electrons. The largest absolute Gasteiger partial charge is 0.342 e. The lowest BCUT2D eigenvalue weighted by Crippen LogP contribution is -2.37. The smallest absolute Gasteiger partial charge is 0.240 e. The summed E-state index contributed by atoms with van der Waals surface area (Å²) >= 11 is 0. The Balaban J connectivity index is 1.82. The summed E-state index contributed by atoms with van der Waals surface area (Å²) < 4.78 is 5.18. The minimum Gasteiger partial charge on any atom is -0.342 e. The third kappa shape index (κ3) is 3.76. The van der Waals surface area contributed by atoms with Crippen molar-refractivity contribution in [3.8, 4) is 0 Å². The van der Waals surface area contributed by atoms with Gasteiger partial charge in [-0.05, 0) is 19.9 Å². The SMILES string of the molecule is CC(C)c1noc(CN(C)CC(=O)N2CCCC2)n1. The summed E-state index contributed by atoms with van der Waals surface area (Å²) in [4.78, 5) is 20.1. The van der Waals surface area contributed by atoms with Crippen molar-refractivity contribution in [2.45, 2.75) is 39.2 Å². The molecule has 0 spiro atoms. The van der Waals surface area contributed by atoms with E-state index in [1.54, 1.807) is 0 Å². The number of rotatable bonds is 5. The van der Waals surface area contributed by atoms with Crippen LogP contribution in [0, 0.1) is 0 Å². The predicted octanol–water partition coefficient (Wildman–Crippen LogP) is 1.25. The molecule has 0 saturated carbocycles. The van der Waals surface area contributed by atoms with E-state index in [9.17, 15) is 4.79 Å². The quantitative estimate of drug-likeness (QED) is 0.802. The first kappa shape index (κ1) is 14.0. The number of amides is 1. The summed E-state index contributed by atoms with van der Waals surface area (Å²) in [6.45, 7) is 6.75. The van der Waals surface area contributed by atoms with E-state index in [0.29, 0.717) is 24.8 Å². The minimum atomic E-state index is 0.184. The molecule has 1 fully saturated rings. The first-order chi connectivity index (χ1) is 9.06. The van der Waals surface area contributed by atoms with Gasteiger partial charge in [0.25, 0.3) is 0 Å². The molecule has 1 aliphatic rings. The predicted molar refractivity (Wildman–Crippen MR) is 70.5 cm³/mol. The lowest BCUT2D eigenvalue weighted by atomic mass is 10.2. The van der Waals surface area contributed by atoms with Crippen LogP contribution in [0.3, 0.4) is 0 Å². The maximum absolute atomic E-state index is 12.0.